The zero-order chi connectivity index (χ0) is 18.2. The first-order valence-corrected chi connectivity index (χ1v) is 8.72. The molecule has 0 saturated carbocycles. The third kappa shape index (κ3) is 5.24. The highest BCUT2D eigenvalue weighted by Crippen LogP contribution is 2.20. The Morgan fingerprint density at radius 2 is 2.31 bits per heavy atom. The van der Waals surface area contributed by atoms with Gasteiger partial charge in [-0.25, -0.2) is 4.39 Å². The molecule has 2 N–H and O–H groups in total. The molecule has 0 spiro atoms. The second-order valence-electron chi connectivity index (χ2n) is 6.13. The van der Waals surface area contributed by atoms with Crippen molar-refractivity contribution in [2.24, 2.45) is 0 Å². The predicted molar refractivity (Wildman–Crippen MR) is 96.3 cm³/mol. The van der Waals surface area contributed by atoms with Gasteiger partial charge in [0.25, 0.3) is 0 Å². The highest BCUT2D eigenvalue weighted by Gasteiger charge is 2.25. The smallest absolute Gasteiger partial charge is 0.234 e. The number of hydrogen-bond acceptors (Lipinski definition) is 5. The molecule has 0 bridgehead atoms. The van der Waals surface area contributed by atoms with Crippen LogP contribution in [0.4, 0.5) is 4.39 Å². The lowest BCUT2D eigenvalue weighted by Crippen LogP contribution is -2.49. The second kappa shape index (κ2) is 9.26. The van der Waals surface area contributed by atoms with Crippen molar-refractivity contribution in [3.8, 4) is 5.75 Å². The number of halogens is 1. The number of amides is 1. The number of ether oxygens (including phenoxy) is 1. The number of hydrogen-bond donors (Lipinski definition) is 2. The van der Waals surface area contributed by atoms with Gasteiger partial charge >= 0.3 is 0 Å². The molecule has 1 fully saturated rings. The normalized spacial score (nSPS) is 17.7. The minimum atomic E-state index is -0.341. The topological polar surface area (TPSA) is 66.5 Å². The van der Waals surface area contributed by atoms with E-state index in [0.29, 0.717) is 25.4 Å². The van der Waals surface area contributed by atoms with E-state index in [9.17, 15) is 9.18 Å². The molecule has 1 aromatic carbocycles. The van der Waals surface area contributed by atoms with E-state index in [1.165, 1.54) is 12.1 Å². The van der Waals surface area contributed by atoms with Crippen LogP contribution in [0.15, 0.2) is 48.8 Å². The van der Waals surface area contributed by atoms with Crippen molar-refractivity contribution in [1.82, 2.24) is 20.5 Å². The summed E-state index contributed by atoms with van der Waals surface area (Å²) >= 11 is 0. The van der Waals surface area contributed by atoms with Crippen LogP contribution in [0.25, 0.3) is 0 Å². The molecule has 26 heavy (non-hydrogen) atoms. The Hall–Kier alpha value is -2.51. The number of aromatic nitrogens is 1. The molecular formula is C19H23FN4O2. The van der Waals surface area contributed by atoms with Gasteiger partial charge in [0.2, 0.25) is 5.91 Å². The Kier molecular flexibility index (Phi) is 6.51. The van der Waals surface area contributed by atoms with Crippen LogP contribution in [-0.2, 0) is 4.79 Å². The summed E-state index contributed by atoms with van der Waals surface area (Å²) < 4.78 is 18.5. The van der Waals surface area contributed by atoms with Crippen molar-refractivity contribution in [2.75, 3.05) is 39.3 Å². The third-order valence-electron chi connectivity index (χ3n) is 4.26. The van der Waals surface area contributed by atoms with Crippen LogP contribution < -0.4 is 15.4 Å². The van der Waals surface area contributed by atoms with Crippen molar-refractivity contribution < 1.29 is 13.9 Å². The Morgan fingerprint density at radius 1 is 1.38 bits per heavy atom. The van der Waals surface area contributed by atoms with E-state index >= 15 is 0 Å². The second-order valence-corrected chi connectivity index (χ2v) is 6.13. The molecule has 1 amide bonds. The third-order valence-corrected chi connectivity index (χ3v) is 4.26. The molecule has 7 heteroatoms. The predicted octanol–water partition coefficient (Wildman–Crippen LogP) is 1.36. The fraction of sp³-hybridized carbons (Fsp3) is 0.368. The van der Waals surface area contributed by atoms with Gasteiger partial charge in [-0.3, -0.25) is 14.7 Å². The largest absolute Gasteiger partial charge is 0.492 e. The molecule has 3 rings (SSSR count). The maximum atomic E-state index is 13.1. The Bertz CT molecular complexity index is 714. The van der Waals surface area contributed by atoms with Gasteiger partial charge in [-0.1, -0.05) is 12.1 Å². The van der Waals surface area contributed by atoms with Crippen LogP contribution in [-0.4, -0.2) is 55.1 Å². The quantitative estimate of drug-likeness (QED) is 0.732. The molecule has 0 aliphatic carbocycles. The summed E-state index contributed by atoms with van der Waals surface area (Å²) in [6.45, 7) is 3.43. The molecule has 1 unspecified atom stereocenters. The van der Waals surface area contributed by atoms with Gasteiger partial charge < -0.3 is 15.4 Å². The SMILES string of the molecule is O=C(CN1CCNCC1c1cccnc1)NCCOc1cccc(F)c1. The maximum absolute atomic E-state index is 13.1. The van der Waals surface area contributed by atoms with E-state index in [2.05, 4.69) is 20.5 Å². The summed E-state index contributed by atoms with van der Waals surface area (Å²) in [6.07, 6.45) is 3.59. The number of piperazine rings is 1. The molecule has 1 aliphatic heterocycles. The summed E-state index contributed by atoms with van der Waals surface area (Å²) in [5, 5.41) is 6.21. The van der Waals surface area contributed by atoms with E-state index < -0.39 is 0 Å². The van der Waals surface area contributed by atoms with Crippen LogP contribution in [0.3, 0.4) is 0 Å². The fourth-order valence-electron chi connectivity index (χ4n) is 2.99. The molecule has 6 nitrogen and oxygen atoms in total. The zero-order valence-corrected chi connectivity index (χ0v) is 14.5. The Morgan fingerprint density at radius 3 is 3.12 bits per heavy atom. The van der Waals surface area contributed by atoms with Gasteiger partial charge in [-0.2, -0.15) is 0 Å². The van der Waals surface area contributed by atoms with E-state index in [0.717, 1.165) is 25.2 Å². The minimum absolute atomic E-state index is 0.0522. The molecule has 138 valence electrons. The van der Waals surface area contributed by atoms with E-state index in [4.69, 9.17) is 4.74 Å². The molecule has 1 aliphatic rings. The summed E-state index contributed by atoms with van der Waals surface area (Å²) in [5.41, 5.74) is 1.10. The van der Waals surface area contributed by atoms with Crippen molar-refractivity contribution in [3.05, 3.63) is 60.2 Å². The molecule has 1 atom stereocenters. The summed E-state index contributed by atoms with van der Waals surface area (Å²) in [4.78, 5) is 18.6. The van der Waals surface area contributed by atoms with Gasteiger partial charge in [0.05, 0.1) is 13.1 Å². The molecule has 1 aromatic heterocycles. The number of pyridine rings is 1. The highest BCUT2D eigenvalue weighted by atomic mass is 19.1. The lowest BCUT2D eigenvalue weighted by Gasteiger charge is -2.35. The lowest BCUT2D eigenvalue weighted by molar-refractivity contribution is -0.123. The van der Waals surface area contributed by atoms with Gasteiger partial charge in [-0.15, -0.1) is 0 Å². The van der Waals surface area contributed by atoms with Crippen LogP contribution in [0, 0.1) is 5.82 Å². The lowest BCUT2D eigenvalue weighted by atomic mass is 10.1. The van der Waals surface area contributed by atoms with Crippen molar-refractivity contribution >= 4 is 5.91 Å². The molecule has 0 radical (unpaired) electrons. The van der Waals surface area contributed by atoms with Gasteiger partial charge in [0.1, 0.15) is 18.2 Å². The van der Waals surface area contributed by atoms with Crippen LogP contribution in [0.2, 0.25) is 0 Å². The summed E-state index contributed by atoms with van der Waals surface area (Å²) in [6, 6.07) is 10.0. The first kappa shape index (κ1) is 18.3. The number of benzene rings is 1. The van der Waals surface area contributed by atoms with E-state index in [1.54, 1.807) is 18.3 Å². The Balaban J connectivity index is 1.44. The van der Waals surface area contributed by atoms with Crippen LogP contribution >= 0.6 is 0 Å². The maximum Gasteiger partial charge on any atom is 0.234 e. The number of nitrogens with one attached hydrogen (secondary N) is 2. The van der Waals surface area contributed by atoms with Gasteiger partial charge in [0, 0.05) is 44.1 Å². The summed E-state index contributed by atoms with van der Waals surface area (Å²) in [5.74, 6) is 0.0633. The minimum Gasteiger partial charge on any atom is -0.492 e. The van der Waals surface area contributed by atoms with Crippen molar-refractivity contribution in [3.63, 3.8) is 0 Å². The average Bonchev–Trinajstić information content (AvgIpc) is 2.66. The van der Waals surface area contributed by atoms with Gasteiger partial charge in [0.15, 0.2) is 0 Å². The van der Waals surface area contributed by atoms with E-state index in [-0.39, 0.29) is 17.8 Å². The molecule has 2 heterocycles. The average molecular weight is 358 g/mol. The summed E-state index contributed by atoms with van der Waals surface area (Å²) in [7, 11) is 0. The highest BCUT2D eigenvalue weighted by molar-refractivity contribution is 5.78. The first-order chi connectivity index (χ1) is 12.7. The standard InChI is InChI=1S/C19H23FN4O2/c20-16-4-1-5-17(11-16)26-10-8-23-19(25)14-24-9-7-22-13-18(24)15-3-2-6-21-12-15/h1-6,11-12,18,22H,7-10,13-14H2,(H,23,25). The Labute approximate surface area is 152 Å². The number of carbonyl (C=O) groups is 1. The molecular weight excluding hydrogens is 335 g/mol. The van der Waals surface area contributed by atoms with Crippen molar-refractivity contribution in [1.29, 1.82) is 0 Å². The first-order valence-electron chi connectivity index (χ1n) is 8.72. The number of rotatable bonds is 7. The number of nitrogens with zero attached hydrogens (tertiary/aromatic N) is 2. The van der Waals surface area contributed by atoms with Crippen LogP contribution in [0.5, 0.6) is 5.75 Å². The van der Waals surface area contributed by atoms with Crippen LogP contribution in [0.1, 0.15) is 11.6 Å². The molecule has 2 aromatic rings. The monoisotopic (exact) mass is 358 g/mol. The number of carbonyl (C=O) groups excluding carboxylic acids is 1. The van der Waals surface area contributed by atoms with Crippen molar-refractivity contribution in [2.45, 2.75) is 6.04 Å². The van der Waals surface area contributed by atoms with E-state index in [1.807, 2.05) is 18.3 Å². The fourth-order valence-corrected chi connectivity index (χ4v) is 2.99. The van der Waals surface area contributed by atoms with Gasteiger partial charge in [-0.05, 0) is 23.8 Å². The zero-order valence-electron chi connectivity index (χ0n) is 14.5. The molecule has 1 saturated heterocycles.